The van der Waals surface area contributed by atoms with E-state index in [0.29, 0.717) is 24.4 Å². The topological polar surface area (TPSA) is 124 Å². The van der Waals surface area contributed by atoms with Crippen molar-refractivity contribution in [1.82, 2.24) is 0 Å². The zero-order valence-corrected chi connectivity index (χ0v) is 25.2. The molecule has 2 aliphatic heterocycles. The van der Waals surface area contributed by atoms with Crippen LogP contribution >= 0.6 is 11.6 Å². The Bertz CT molecular complexity index is 1680. The van der Waals surface area contributed by atoms with E-state index in [9.17, 15) is 21.4 Å². The molecule has 2 heterocycles. The maximum absolute atomic E-state index is 11.6. The molecule has 4 rings (SSSR count). The minimum Gasteiger partial charge on any atom is -0.358 e. The normalized spacial score (nSPS) is 19.0. The number of allylic oxidation sites excluding steroid dienone is 6. The molecule has 0 unspecified atom stereocenters. The number of rotatable bonds is 9. The van der Waals surface area contributed by atoms with Gasteiger partial charge in [0.1, 0.15) is 6.54 Å². The van der Waals surface area contributed by atoms with Crippen LogP contribution in [0.4, 0.5) is 11.4 Å². The number of anilines is 1. The van der Waals surface area contributed by atoms with Gasteiger partial charge in [-0.05, 0) is 62.2 Å². The number of hydrogen-bond acceptors (Lipinski definition) is 5. The van der Waals surface area contributed by atoms with Gasteiger partial charge in [-0.15, -0.1) is 0 Å². The quantitative estimate of drug-likeness (QED) is 0.138. The molecule has 8 nitrogen and oxygen atoms in total. The van der Waals surface area contributed by atoms with Crippen LogP contribution in [0.5, 0.6) is 0 Å². The number of nitrogens with zero attached hydrogens (tertiary/aromatic N) is 1. The maximum atomic E-state index is 11.6. The largest absolute Gasteiger partial charge is 0.358 e. The second-order valence-electron chi connectivity index (χ2n) is 11.1. The summed E-state index contributed by atoms with van der Waals surface area (Å²) in [6, 6.07) is 10.3. The van der Waals surface area contributed by atoms with Gasteiger partial charge in [0.2, 0.25) is 5.69 Å². The molecule has 40 heavy (non-hydrogen) atoms. The Morgan fingerprint density at radius 2 is 1.62 bits per heavy atom. The first-order valence-electron chi connectivity index (χ1n) is 12.9. The van der Waals surface area contributed by atoms with Crippen molar-refractivity contribution in [2.24, 2.45) is 0 Å². The van der Waals surface area contributed by atoms with E-state index in [2.05, 4.69) is 23.7 Å². The molecule has 2 aliphatic rings. The van der Waals surface area contributed by atoms with Crippen molar-refractivity contribution < 1.29 is 30.5 Å². The summed E-state index contributed by atoms with van der Waals surface area (Å²) in [5.41, 5.74) is 4.76. The van der Waals surface area contributed by atoms with Crippen LogP contribution in [0.15, 0.2) is 77.4 Å². The summed E-state index contributed by atoms with van der Waals surface area (Å²) in [7, 11) is -8.30. The van der Waals surface area contributed by atoms with Crippen molar-refractivity contribution in [3.05, 3.63) is 88.6 Å². The van der Waals surface area contributed by atoms with Crippen molar-refractivity contribution in [2.75, 3.05) is 17.6 Å². The minimum absolute atomic E-state index is 0.137. The van der Waals surface area contributed by atoms with E-state index in [1.54, 1.807) is 6.07 Å². The van der Waals surface area contributed by atoms with Gasteiger partial charge in [0.15, 0.2) is 5.71 Å². The Kier molecular flexibility index (Phi) is 8.23. The van der Waals surface area contributed by atoms with E-state index in [-0.39, 0.29) is 16.1 Å². The van der Waals surface area contributed by atoms with Gasteiger partial charge in [0.25, 0.3) is 20.2 Å². The first-order valence-corrected chi connectivity index (χ1v) is 16.3. The Balaban J connectivity index is 1.57. The highest BCUT2D eigenvalue weighted by atomic mass is 35.5. The number of unbranched alkanes of at least 4 members (excludes halogenated alkanes) is 1. The third-order valence-corrected chi connectivity index (χ3v) is 9.42. The zero-order valence-electron chi connectivity index (χ0n) is 22.8. The predicted octanol–water partition coefficient (Wildman–Crippen LogP) is 6.03. The van der Waals surface area contributed by atoms with Gasteiger partial charge in [-0.3, -0.25) is 9.11 Å². The predicted molar refractivity (Wildman–Crippen MR) is 159 cm³/mol. The van der Waals surface area contributed by atoms with Crippen molar-refractivity contribution in [1.29, 1.82) is 0 Å². The van der Waals surface area contributed by atoms with Gasteiger partial charge in [-0.1, -0.05) is 43.7 Å². The van der Waals surface area contributed by atoms with Crippen LogP contribution in [0.2, 0.25) is 5.02 Å². The SMILES string of the molecule is CC1(C)C(/C=C/C=C/C=C2/Nc3ccc(S(=O)(=O)O)cc3C2(C)C)=[N+](CCCCS(=O)(=O)O)c2ccc(Cl)cc21. The third kappa shape index (κ3) is 6.26. The first kappa shape index (κ1) is 30.2. The van der Waals surface area contributed by atoms with Crippen LogP contribution in [-0.2, 0) is 31.1 Å². The Morgan fingerprint density at radius 3 is 2.30 bits per heavy atom. The van der Waals surface area contributed by atoms with E-state index in [0.717, 1.165) is 33.9 Å². The van der Waals surface area contributed by atoms with E-state index < -0.39 is 25.7 Å². The summed E-state index contributed by atoms with van der Waals surface area (Å²) in [6.45, 7) is 8.79. The van der Waals surface area contributed by atoms with Crippen molar-refractivity contribution in [3.63, 3.8) is 0 Å². The molecule has 2 aromatic rings. The molecule has 0 radical (unpaired) electrons. The van der Waals surface area contributed by atoms with E-state index in [1.165, 1.54) is 12.1 Å². The fraction of sp³-hybridized carbons (Fsp3) is 0.345. The highest BCUT2D eigenvalue weighted by Crippen LogP contribution is 2.44. The highest BCUT2D eigenvalue weighted by molar-refractivity contribution is 7.86. The number of halogens is 1. The lowest BCUT2D eigenvalue weighted by Gasteiger charge is -2.20. The number of fused-ring (bicyclic) bond motifs is 2. The van der Waals surface area contributed by atoms with Crippen molar-refractivity contribution >= 4 is 48.9 Å². The van der Waals surface area contributed by atoms with Gasteiger partial charge in [-0.2, -0.15) is 21.4 Å². The molecular weight excluding hydrogens is 572 g/mol. The first-order chi connectivity index (χ1) is 18.5. The maximum Gasteiger partial charge on any atom is 0.294 e. The molecule has 0 bridgehead atoms. The van der Waals surface area contributed by atoms with Gasteiger partial charge in [0.05, 0.1) is 16.1 Å². The molecule has 11 heteroatoms. The summed E-state index contributed by atoms with van der Waals surface area (Å²) in [5.74, 6) is -0.272. The van der Waals surface area contributed by atoms with Gasteiger partial charge < -0.3 is 5.32 Å². The lowest BCUT2D eigenvalue weighted by molar-refractivity contribution is -0.438. The second kappa shape index (κ2) is 10.9. The summed E-state index contributed by atoms with van der Waals surface area (Å²) in [4.78, 5) is -0.137. The summed E-state index contributed by atoms with van der Waals surface area (Å²) >= 11 is 6.31. The Hall–Kier alpha value is -2.76. The van der Waals surface area contributed by atoms with Crippen molar-refractivity contribution in [2.45, 2.75) is 56.3 Å². The van der Waals surface area contributed by atoms with E-state index >= 15 is 0 Å². The summed E-state index contributed by atoms with van der Waals surface area (Å²) in [6.07, 6.45) is 10.7. The van der Waals surface area contributed by atoms with Crippen LogP contribution in [-0.4, -0.2) is 48.5 Å². The molecule has 2 aromatic carbocycles. The summed E-state index contributed by atoms with van der Waals surface area (Å²) < 4.78 is 66.2. The lowest BCUT2D eigenvalue weighted by atomic mass is 9.81. The standard InChI is InChI=1S/C29H33ClN2O6S2/c1-28(2)22-19-21(40(36,37)38)13-14-24(22)31-26(28)10-6-5-7-11-27-29(3,4)23-18-20(30)12-15-25(23)32(27)16-8-9-17-39(33,34)35/h5-7,10-15,18-19H,8-9,16-17H2,1-4H3,(H2,33,34,35,36,37,38)/p+1. The zero-order chi connectivity index (χ0) is 29.5. The van der Waals surface area contributed by atoms with Crippen LogP contribution < -0.4 is 5.32 Å². The number of benzene rings is 2. The fourth-order valence-electron chi connectivity index (χ4n) is 5.31. The van der Waals surface area contributed by atoms with Gasteiger partial charge >= 0.3 is 0 Å². The van der Waals surface area contributed by atoms with Gasteiger partial charge in [-0.25, -0.2) is 0 Å². The molecule has 0 fully saturated rings. The molecule has 214 valence electrons. The third-order valence-electron chi connectivity index (χ3n) is 7.53. The average molecular weight is 606 g/mol. The minimum atomic E-state index is -4.30. The highest BCUT2D eigenvalue weighted by Gasteiger charge is 2.44. The van der Waals surface area contributed by atoms with E-state index in [4.69, 9.17) is 16.2 Å². The van der Waals surface area contributed by atoms with Crippen LogP contribution in [0.3, 0.4) is 0 Å². The molecule has 0 atom stereocenters. The fourth-order valence-corrected chi connectivity index (χ4v) is 6.56. The molecule has 3 N–H and O–H groups in total. The Morgan fingerprint density at radius 1 is 0.900 bits per heavy atom. The van der Waals surface area contributed by atoms with E-state index in [1.807, 2.05) is 62.4 Å². The van der Waals surface area contributed by atoms with Gasteiger partial charge in [0, 0.05) is 45.9 Å². The molecular formula is C29H34ClN2O6S2+. The molecule has 0 aromatic heterocycles. The molecule has 0 saturated carbocycles. The molecule has 0 spiro atoms. The van der Waals surface area contributed by atoms with Crippen LogP contribution in [0.25, 0.3) is 0 Å². The molecule has 0 saturated heterocycles. The number of hydrogen-bond donors (Lipinski definition) is 3. The number of nitrogens with one attached hydrogen (secondary N) is 1. The molecule has 0 amide bonds. The average Bonchev–Trinajstić information content (AvgIpc) is 3.21. The second-order valence-corrected chi connectivity index (χ2v) is 14.5. The molecule has 0 aliphatic carbocycles. The summed E-state index contributed by atoms with van der Waals surface area (Å²) in [5, 5.41) is 3.98. The van der Waals surface area contributed by atoms with Crippen LogP contribution in [0.1, 0.15) is 51.7 Å². The lowest BCUT2D eigenvalue weighted by Crippen LogP contribution is -2.28. The Labute approximate surface area is 241 Å². The smallest absolute Gasteiger partial charge is 0.294 e. The van der Waals surface area contributed by atoms with Crippen molar-refractivity contribution in [3.8, 4) is 0 Å². The monoisotopic (exact) mass is 605 g/mol. The van der Waals surface area contributed by atoms with Crippen LogP contribution in [0, 0.1) is 0 Å².